The number of unbranched alkanes of at least 4 members (excludes halogenated alkanes) is 11. The maximum Gasteiger partial charge on any atom is 0.417 e. The number of hydrogen-bond donors (Lipinski definition) is 0. The van der Waals surface area contributed by atoms with Crippen LogP contribution in [0.1, 0.15) is 139 Å². The molecule has 1 aromatic heterocycles. The quantitative estimate of drug-likeness (QED) is 0.0908. The van der Waals surface area contributed by atoms with Gasteiger partial charge in [0.1, 0.15) is 18.9 Å². The van der Waals surface area contributed by atoms with Gasteiger partial charge in [-0.15, -0.1) is 0 Å². The average molecular weight is 644 g/mol. The standard InChI is InChI=1S/C41H59N2O4/c1-6-8-9-10-11-12-13-14-15-16-17-21-30-46-38-25-24-35(31-37(38)41(3,4)5)33-47-40(45)43(39(44)36-22-19-18-20-23-36)32-34-26-28-42(7-2)29-27-34/h18-20,22-29,31H,6-17,21,30,32-33H2,1-5H3/q+1. The molecule has 0 spiro atoms. The number of aryl methyl sites for hydroxylation is 1. The van der Waals surface area contributed by atoms with Crippen molar-refractivity contribution in [3.8, 4) is 5.75 Å². The summed E-state index contributed by atoms with van der Waals surface area (Å²) < 4.78 is 14.1. The van der Waals surface area contributed by atoms with Crippen LogP contribution in [0.15, 0.2) is 73.1 Å². The Kier molecular flexibility index (Phi) is 16.5. The maximum atomic E-state index is 13.4. The third-order valence-electron chi connectivity index (χ3n) is 8.62. The highest BCUT2D eigenvalue weighted by molar-refractivity contribution is 6.02. The van der Waals surface area contributed by atoms with Crippen molar-refractivity contribution in [2.45, 2.75) is 137 Å². The minimum Gasteiger partial charge on any atom is -0.493 e. The van der Waals surface area contributed by atoms with Crippen molar-refractivity contribution in [3.63, 3.8) is 0 Å². The molecule has 0 radical (unpaired) electrons. The summed E-state index contributed by atoms with van der Waals surface area (Å²) in [5.74, 6) is 0.490. The molecule has 0 aliphatic rings. The number of rotatable bonds is 20. The van der Waals surface area contributed by atoms with Gasteiger partial charge in [0.25, 0.3) is 5.91 Å². The van der Waals surface area contributed by atoms with E-state index in [2.05, 4.69) is 40.7 Å². The van der Waals surface area contributed by atoms with Crippen LogP contribution in [0.5, 0.6) is 5.75 Å². The van der Waals surface area contributed by atoms with Crippen molar-refractivity contribution in [1.29, 1.82) is 0 Å². The number of aromatic nitrogens is 1. The fraction of sp³-hybridized carbons (Fsp3) is 0.537. The van der Waals surface area contributed by atoms with E-state index in [1.807, 2.05) is 47.3 Å². The summed E-state index contributed by atoms with van der Waals surface area (Å²) in [6, 6.07) is 18.7. The Hall–Kier alpha value is -3.67. The van der Waals surface area contributed by atoms with Gasteiger partial charge in [-0.1, -0.05) is 123 Å². The molecule has 2 aromatic carbocycles. The van der Waals surface area contributed by atoms with E-state index in [4.69, 9.17) is 9.47 Å². The lowest BCUT2D eigenvalue weighted by Crippen LogP contribution is -2.37. The molecule has 6 nitrogen and oxygen atoms in total. The van der Waals surface area contributed by atoms with E-state index in [-0.39, 0.29) is 24.5 Å². The van der Waals surface area contributed by atoms with E-state index in [1.165, 1.54) is 75.5 Å². The van der Waals surface area contributed by atoms with Gasteiger partial charge in [-0.25, -0.2) is 14.3 Å². The number of nitrogens with zero attached hydrogens (tertiary/aromatic N) is 2. The van der Waals surface area contributed by atoms with Crippen LogP contribution >= 0.6 is 0 Å². The molecule has 0 N–H and O–H groups in total. The van der Waals surface area contributed by atoms with Crippen LogP contribution in [0, 0.1) is 0 Å². The van der Waals surface area contributed by atoms with E-state index in [0.29, 0.717) is 12.2 Å². The number of benzene rings is 2. The number of carbonyl (C=O) groups is 2. The summed E-state index contributed by atoms with van der Waals surface area (Å²) in [4.78, 5) is 28.0. The third-order valence-corrected chi connectivity index (χ3v) is 8.62. The van der Waals surface area contributed by atoms with Gasteiger partial charge >= 0.3 is 6.09 Å². The van der Waals surface area contributed by atoms with E-state index >= 15 is 0 Å². The lowest BCUT2D eigenvalue weighted by molar-refractivity contribution is -0.693. The average Bonchev–Trinajstić information content (AvgIpc) is 3.08. The fourth-order valence-corrected chi connectivity index (χ4v) is 5.67. The molecule has 0 saturated heterocycles. The molecule has 0 aliphatic heterocycles. The first-order chi connectivity index (χ1) is 22.7. The molecular formula is C41H59N2O4+. The molecular weight excluding hydrogens is 584 g/mol. The minimum absolute atomic E-state index is 0.0597. The second-order valence-electron chi connectivity index (χ2n) is 13.7. The second-order valence-corrected chi connectivity index (χ2v) is 13.7. The molecule has 3 aromatic rings. The topological polar surface area (TPSA) is 59.7 Å². The maximum absolute atomic E-state index is 13.4. The SMILES string of the molecule is CCCCCCCCCCCCCCOc1ccc(COC(=O)N(Cc2cc[n+](CC)cc2)C(=O)c2ccccc2)cc1C(C)(C)C. The predicted octanol–water partition coefficient (Wildman–Crippen LogP) is 10.4. The van der Waals surface area contributed by atoms with E-state index < -0.39 is 6.09 Å². The normalized spacial score (nSPS) is 11.3. The van der Waals surface area contributed by atoms with Crippen LogP contribution in [0.4, 0.5) is 4.79 Å². The van der Waals surface area contributed by atoms with Crippen LogP contribution in [-0.4, -0.2) is 23.5 Å². The predicted molar refractivity (Wildman–Crippen MR) is 191 cm³/mol. The van der Waals surface area contributed by atoms with Crippen molar-refractivity contribution >= 4 is 12.0 Å². The smallest absolute Gasteiger partial charge is 0.417 e. The van der Waals surface area contributed by atoms with Crippen LogP contribution < -0.4 is 9.30 Å². The molecule has 6 heteroatoms. The first-order valence-electron chi connectivity index (χ1n) is 18.0. The van der Waals surface area contributed by atoms with Crippen molar-refractivity contribution < 1.29 is 23.6 Å². The summed E-state index contributed by atoms with van der Waals surface area (Å²) in [5, 5.41) is 0. The molecule has 0 unspecified atom stereocenters. The number of hydrogen-bond acceptors (Lipinski definition) is 4. The van der Waals surface area contributed by atoms with Gasteiger partial charge in [-0.2, -0.15) is 0 Å². The van der Waals surface area contributed by atoms with Crippen molar-refractivity contribution in [2.75, 3.05) is 6.61 Å². The molecule has 0 aliphatic carbocycles. The molecule has 0 atom stereocenters. The van der Waals surface area contributed by atoms with E-state index in [9.17, 15) is 9.59 Å². The first kappa shape index (κ1) is 37.8. The minimum atomic E-state index is -0.671. The highest BCUT2D eigenvalue weighted by atomic mass is 16.6. The Morgan fingerprint density at radius 2 is 1.32 bits per heavy atom. The van der Waals surface area contributed by atoms with E-state index in [0.717, 1.165) is 35.4 Å². The number of pyridine rings is 1. The lowest BCUT2D eigenvalue weighted by atomic mass is 9.85. The number of amides is 2. The molecule has 3 rings (SSSR count). The Bertz CT molecular complexity index is 1330. The van der Waals surface area contributed by atoms with Gasteiger partial charge in [0.15, 0.2) is 12.4 Å². The van der Waals surface area contributed by atoms with E-state index in [1.54, 1.807) is 24.3 Å². The largest absolute Gasteiger partial charge is 0.493 e. The summed E-state index contributed by atoms with van der Waals surface area (Å²) in [5.41, 5.74) is 3.07. The molecule has 0 bridgehead atoms. The van der Waals surface area contributed by atoms with Gasteiger partial charge in [-0.05, 0) is 59.7 Å². The Morgan fingerprint density at radius 1 is 0.723 bits per heavy atom. The van der Waals surface area contributed by atoms with Gasteiger partial charge in [0.2, 0.25) is 0 Å². The fourth-order valence-electron chi connectivity index (χ4n) is 5.67. The highest BCUT2D eigenvalue weighted by Gasteiger charge is 2.26. The molecule has 0 fully saturated rings. The van der Waals surface area contributed by atoms with Gasteiger partial charge in [0, 0.05) is 17.7 Å². The van der Waals surface area contributed by atoms with Crippen LogP contribution in [0.25, 0.3) is 0 Å². The van der Waals surface area contributed by atoms with Crippen molar-refractivity contribution in [2.24, 2.45) is 0 Å². The summed E-state index contributed by atoms with van der Waals surface area (Å²) in [6.45, 7) is 12.5. The number of ether oxygens (including phenoxy) is 2. The van der Waals surface area contributed by atoms with Crippen molar-refractivity contribution in [1.82, 2.24) is 4.90 Å². The molecule has 2 amide bonds. The molecule has 0 saturated carbocycles. The van der Waals surface area contributed by atoms with Crippen molar-refractivity contribution in [3.05, 3.63) is 95.3 Å². The van der Waals surface area contributed by atoms with Gasteiger partial charge < -0.3 is 9.47 Å². The zero-order valence-corrected chi connectivity index (χ0v) is 29.8. The zero-order valence-electron chi connectivity index (χ0n) is 29.8. The first-order valence-corrected chi connectivity index (χ1v) is 18.0. The second kappa shape index (κ2) is 20.5. The summed E-state index contributed by atoms with van der Waals surface area (Å²) >= 11 is 0. The Labute approximate surface area is 284 Å². The van der Waals surface area contributed by atoms with Gasteiger partial charge in [0.05, 0.1) is 13.2 Å². The third kappa shape index (κ3) is 13.5. The molecule has 47 heavy (non-hydrogen) atoms. The number of carbonyl (C=O) groups excluding carboxylic acids is 2. The highest BCUT2D eigenvalue weighted by Crippen LogP contribution is 2.33. The zero-order chi connectivity index (χ0) is 33.9. The molecule has 256 valence electrons. The van der Waals surface area contributed by atoms with Gasteiger partial charge in [-0.3, -0.25) is 4.79 Å². The monoisotopic (exact) mass is 643 g/mol. The number of imide groups is 1. The Balaban J connectivity index is 1.53. The summed E-state index contributed by atoms with van der Waals surface area (Å²) in [6.07, 6.45) is 19.0. The Morgan fingerprint density at radius 3 is 1.89 bits per heavy atom. The van der Waals surface area contributed by atoms with Crippen LogP contribution in [0.2, 0.25) is 0 Å². The van der Waals surface area contributed by atoms with Crippen LogP contribution in [0.3, 0.4) is 0 Å². The summed E-state index contributed by atoms with van der Waals surface area (Å²) in [7, 11) is 0. The van der Waals surface area contributed by atoms with Crippen LogP contribution in [-0.2, 0) is 29.8 Å². The molecule has 1 heterocycles. The lowest BCUT2D eigenvalue weighted by Gasteiger charge is -2.24.